The second-order valence-corrected chi connectivity index (χ2v) is 5.32. The normalized spacial score (nSPS) is 21.6. The lowest BCUT2D eigenvalue weighted by atomic mass is 10.2. The quantitative estimate of drug-likeness (QED) is 0.882. The molecule has 0 bridgehead atoms. The number of piperazine rings is 1. The average Bonchev–Trinajstić information content (AvgIpc) is 2.88. The van der Waals surface area contributed by atoms with Crippen molar-refractivity contribution in [2.75, 3.05) is 39.3 Å². The predicted molar refractivity (Wildman–Crippen MR) is 77.0 cm³/mol. The molecule has 0 spiro atoms. The van der Waals surface area contributed by atoms with Crippen LogP contribution in [0.1, 0.15) is 5.56 Å². The van der Waals surface area contributed by atoms with E-state index >= 15 is 0 Å². The van der Waals surface area contributed by atoms with E-state index in [9.17, 15) is 4.79 Å². The number of urea groups is 1. The topological polar surface area (TPSA) is 68.6 Å². The van der Waals surface area contributed by atoms with Crippen LogP contribution in [0, 0.1) is 11.3 Å². The Hall–Kier alpha value is -2.26. The van der Waals surface area contributed by atoms with Crippen LogP contribution in [0.5, 0.6) is 5.75 Å². The fourth-order valence-corrected chi connectivity index (χ4v) is 2.82. The van der Waals surface area contributed by atoms with Crippen molar-refractivity contribution in [2.24, 2.45) is 0 Å². The molecule has 0 aromatic heterocycles. The number of hydrogen-bond donors (Lipinski definition) is 1. The molecule has 0 radical (unpaired) electrons. The Morgan fingerprint density at radius 1 is 1.43 bits per heavy atom. The zero-order chi connectivity index (χ0) is 14.7. The van der Waals surface area contributed by atoms with E-state index in [0.29, 0.717) is 12.2 Å². The van der Waals surface area contributed by atoms with Crippen molar-refractivity contribution in [3.8, 4) is 11.8 Å². The zero-order valence-corrected chi connectivity index (χ0v) is 11.8. The van der Waals surface area contributed by atoms with E-state index in [0.717, 1.165) is 38.5 Å². The van der Waals surface area contributed by atoms with Gasteiger partial charge in [-0.15, -0.1) is 0 Å². The van der Waals surface area contributed by atoms with E-state index in [1.54, 1.807) is 12.1 Å². The van der Waals surface area contributed by atoms with Crippen molar-refractivity contribution in [1.82, 2.24) is 15.1 Å². The van der Waals surface area contributed by atoms with Gasteiger partial charge < -0.3 is 15.0 Å². The number of carbonyl (C=O) groups is 1. The highest BCUT2D eigenvalue weighted by Crippen LogP contribution is 2.15. The van der Waals surface area contributed by atoms with Crippen molar-refractivity contribution < 1.29 is 9.53 Å². The Morgan fingerprint density at radius 3 is 3.19 bits per heavy atom. The fraction of sp³-hybridized carbons (Fsp3) is 0.467. The minimum atomic E-state index is 0.0595. The maximum absolute atomic E-state index is 11.5. The number of rotatable bonds is 4. The first-order valence-electron chi connectivity index (χ1n) is 7.16. The molecule has 2 saturated heterocycles. The fourth-order valence-electron chi connectivity index (χ4n) is 2.82. The molecule has 1 aromatic rings. The Bertz CT molecular complexity index is 569. The standard InChI is InChI=1S/C15H18N4O2/c16-9-12-2-1-3-14(8-12)21-7-6-18-4-5-19-13(11-18)10-17-15(19)20/h1-3,8,13H,4-7,10-11H2,(H,17,20). The SMILES string of the molecule is N#Cc1cccc(OCCN2CCN3C(=O)NCC3C2)c1. The van der Waals surface area contributed by atoms with Gasteiger partial charge in [0.05, 0.1) is 17.7 Å². The van der Waals surface area contributed by atoms with Gasteiger partial charge in [-0.3, -0.25) is 4.90 Å². The van der Waals surface area contributed by atoms with Gasteiger partial charge in [-0.1, -0.05) is 6.07 Å². The highest BCUT2D eigenvalue weighted by molar-refractivity contribution is 5.77. The minimum absolute atomic E-state index is 0.0595. The van der Waals surface area contributed by atoms with Crippen molar-refractivity contribution in [3.05, 3.63) is 29.8 Å². The molecule has 110 valence electrons. The molecule has 6 heteroatoms. The van der Waals surface area contributed by atoms with Crippen LogP contribution in [0.15, 0.2) is 24.3 Å². The van der Waals surface area contributed by atoms with Crippen LogP contribution in [-0.4, -0.2) is 61.2 Å². The number of nitrogens with zero attached hydrogens (tertiary/aromatic N) is 3. The molecule has 2 fully saturated rings. The lowest BCUT2D eigenvalue weighted by Crippen LogP contribution is -2.52. The summed E-state index contributed by atoms with van der Waals surface area (Å²) < 4.78 is 5.69. The van der Waals surface area contributed by atoms with Gasteiger partial charge in [0.1, 0.15) is 12.4 Å². The van der Waals surface area contributed by atoms with E-state index in [1.165, 1.54) is 0 Å². The first-order valence-corrected chi connectivity index (χ1v) is 7.16. The molecule has 21 heavy (non-hydrogen) atoms. The van der Waals surface area contributed by atoms with E-state index in [4.69, 9.17) is 10.00 Å². The van der Waals surface area contributed by atoms with Gasteiger partial charge in [-0.25, -0.2) is 4.79 Å². The predicted octanol–water partition coefficient (Wildman–Crippen LogP) is 0.646. The number of nitrogens with one attached hydrogen (secondary N) is 1. The van der Waals surface area contributed by atoms with Crippen molar-refractivity contribution in [2.45, 2.75) is 6.04 Å². The molecule has 1 N–H and O–H groups in total. The number of carbonyl (C=O) groups excluding carboxylic acids is 1. The van der Waals surface area contributed by atoms with Gasteiger partial charge in [0, 0.05) is 32.7 Å². The molecule has 2 aliphatic heterocycles. The molecular formula is C15H18N4O2. The second-order valence-electron chi connectivity index (χ2n) is 5.32. The van der Waals surface area contributed by atoms with Gasteiger partial charge in [0.15, 0.2) is 0 Å². The molecule has 2 heterocycles. The highest BCUT2D eigenvalue weighted by atomic mass is 16.5. The summed E-state index contributed by atoms with van der Waals surface area (Å²) >= 11 is 0. The third-order valence-corrected chi connectivity index (χ3v) is 3.96. The highest BCUT2D eigenvalue weighted by Gasteiger charge is 2.35. The zero-order valence-electron chi connectivity index (χ0n) is 11.8. The number of fused-ring (bicyclic) bond motifs is 1. The van der Waals surface area contributed by atoms with Crippen molar-refractivity contribution in [1.29, 1.82) is 5.26 Å². The van der Waals surface area contributed by atoms with Gasteiger partial charge in [-0.2, -0.15) is 5.26 Å². The van der Waals surface area contributed by atoms with E-state index in [-0.39, 0.29) is 12.1 Å². The first-order chi connectivity index (χ1) is 10.3. The van der Waals surface area contributed by atoms with E-state index in [2.05, 4.69) is 16.3 Å². The van der Waals surface area contributed by atoms with Crippen LogP contribution in [-0.2, 0) is 0 Å². The molecule has 0 aliphatic carbocycles. The van der Waals surface area contributed by atoms with E-state index in [1.807, 2.05) is 17.0 Å². The summed E-state index contributed by atoms with van der Waals surface area (Å²) in [7, 11) is 0. The molecule has 3 rings (SSSR count). The van der Waals surface area contributed by atoms with Crippen LogP contribution in [0.2, 0.25) is 0 Å². The molecule has 1 atom stereocenters. The Labute approximate surface area is 123 Å². The third-order valence-electron chi connectivity index (χ3n) is 3.96. The van der Waals surface area contributed by atoms with Crippen LogP contribution in [0.3, 0.4) is 0 Å². The summed E-state index contributed by atoms with van der Waals surface area (Å²) in [5.41, 5.74) is 0.608. The Kier molecular flexibility index (Phi) is 3.93. The molecule has 6 nitrogen and oxygen atoms in total. The number of nitriles is 1. The van der Waals surface area contributed by atoms with Crippen LogP contribution in [0.4, 0.5) is 4.79 Å². The molecule has 2 amide bonds. The summed E-state index contributed by atoms with van der Waals surface area (Å²) in [5, 5.41) is 11.7. The average molecular weight is 286 g/mol. The van der Waals surface area contributed by atoms with Crippen LogP contribution < -0.4 is 10.1 Å². The second kappa shape index (κ2) is 6.02. The summed E-state index contributed by atoms with van der Waals surface area (Å²) in [4.78, 5) is 15.7. The summed E-state index contributed by atoms with van der Waals surface area (Å²) in [6, 6.07) is 9.64. The van der Waals surface area contributed by atoms with Crippen LogP contribution in [0.25, 0.3) is 0 Å². The molecule has 0 saturated carbocycles. The third kappa shape index (κ3) is 3.09. The van der Waals surface area contributed by atoms with E-state index < -0.39 is 0 Å². The number of amides is 2. The van der Waals surface area contributed by atoms with Gasteiger partial charge in [0.25, 0.3) is 0 Å². The number of benzene rings is 1. The number of hydrogen-bond acceptors (Lipinski definition) is 4. The minimum Gasteiger partial charge on any atom is -0.492 e. The Morgan fingerprint density at radius 2 is 2.33 bits per heavy atom. The van der Waals surface area contributed by atoms with Crippen molar-refractivity contribution >= 4 is 6.03 Å². The maximum atomic E-state index is 11.5. The Balaban J connectivity index is 1.46. The largest absolute Gasteiger partial charge is 0.492 e. The maximum Gasteiger partial charge on any atom is 0.317 e. The molecule has 1 unspecified atom stereocenters. The summed E-state index contributed by atoms with van der Waals surface area (Å²) in [6.45, 7) is 4.70. The number of ether oxygens (including phenoxy) is 1. The molecular weight excluding hydrogens is 268 g/mol. The molecule has 1 aromatic carbocycles. The monoisotopic (exact) mass is 286 g/mol. The van der Waals surface area contributed by atoms with Crippen LogP contribution >= 0.6 is 0 Å². The lowest BCUT2D eigenvalue weighted by molar-refractivity contribution is 0.108. The summed E-state index contributed by atoms with van der Waals surface area (Å²) in [5.74, 6) is 0.727. The summed E-state index contributed by atoms with van der Waals surface area (Å²) in [6.07, 6.45) is 0. The van der Waals surface area contributed by atoms with Gasteiger partial charge in [-0.05, 0) is 18.2 Å². The molecule has 2 aliphatic rings. The lowest BCUT2D eigenvalue weighted by Gasteiger charge is -2.36. The first kappa shape index (κ1) is 13.7. The van der Waals surface area contributed by atoms with Gasteiger partial charge in [0.2, 0.25) is 0 Å². The van der Waals surface area contributed by atoms with Crippen molar-refractivity contribution in [3.63, 3.8) is 0 Å². The van der Waals surface area contributed by atoms with Gasteiger partial charge >= 0.3 is 6.03 Å². The smallest absolute Gasteiger partial charge is 0.317 e.